The standard InChI is InChI=1S/C17H18N2O6S/c20-17(19(21)22)15-11-25-10-7-16(15)26(23,24)14-3-1-12(2-4-14)13-5-8-18-9-6-13/h1-6,8-9,15-16,21-22H,7,10-11H2. The van der Waals surface area contributed by atoms with E-state index in [0.717, 1.165) is 11.1 Å². The summed E-state index contributed by atoms with van der Waals surface area (Å²) in [6.07, 6.45) is 3.39. The maximum atomic E-state index is 13.0. The molecule has 1 aliphatic rings. The van der Waals surface area contributed by atoms with Crippen LogP contribution in [0.15, 0.2) is 53.7 Å². The van der Waals surface area contributed by atoms with Crippen LogP contribution in [-0.2, 0) is 19.4 Å². The second-order valence-electron chi connectivity index (χ2n) is 5.94. The summed E-state index contributed by atoms with van der Waals surface area (Å²) in [5.74, 6) is -2.28. The number of hydrogen-bond donors (Lipinski definition) is 2. The molecule has 0 radical (unpaired) electrons. The molecule has 0 saturated carbocycles. The van der Waals surface area contributed by atoms with Crippen LogP contribution in [0.25, 0.3) is 11.1 Å². The summed E-state index contributed by atoms with van der Waals surface area (Å²) in [5.41, 5.74) is 1.74. The van der Waals surface area contributed by atoms with E-state index >= 15 is 0 Å². The van der Waals surface area contributed by atoms with Crippen molar-refractivity contribution in [3.63, 3.8) is 0 Å². The second kappa shape index (κ2) is 7.50. The number of aromatic nitrogens is 1. The van der Waals surface area contributed by atoms with Gasteiger partial charge in [0.2, 0.25) is 0 Å². The van der Waals surface area contributed by atoms with Crippen molar-refractivity contribution < 1.29 is 28.4 Å². The summed E-state index contributed by atoms with van der Waals surface area (Å²) in [6.45, 7) is -0.00488. The Morgan fingerprint density at radius 1 is 1.08 bits per heavy atom. The largest absolute Gasteiger partial charge is 0.381 e. The molecule has 2 N–H and O–H groups in total. The van der Waals surface area contributed by atoms with E-state index in [1.165, 1.54) is 12.1 Å². The van der Waals surface area contributed by atoms with Crippen LogP contribution in [-0.4, -0.2) is 53.4 Å². The van der Waals surface area contributed by atoms with Gasteiger partial charge in [-0.2, -0.15) is 0 Å². The molecule has 8 nitrogen and oxygen atoms in total. The highest BCUT2D eigenvalue weighted by Crippen LogP contribution is 2.30. The van der Waals surface area contributed by atoms with Crippen molar-refractivity contribution in [3.05, 3.63) is 48.8 Å². The van der Waals surface area contributed by atoms with Crippen molar-refractivity contribution in [1.82, 2.24) is 10.2 Å². The number of rotatable bonds is 4. The molecule has 138 valence electrons. The molecule has 2 unspecified atom stereocenters. The third-order valence-corrected chi connectivity index (χ3v) is 6.69. The van der Waals surface area contributed by atoms with E-state index in [4.69, 9.17) is 15.2 Å². The van der Waals surface area contributed by atoms with Crippen LogP contribution in [0.3, 0.4) is 0 Å². The highest BCUT2D eigenvalue weighted by Gasteiger charge is 2.42. The molecule has 2 heterocycles. The van der Waals surface area contributed by atoms with Gasteiger partial charge in [-0.1, -0.05) is 17.4 Å². The molecular weight excluding hydrogens is 360 g/mol. The van der Waals surface area contributed by atoms with Gasteiger partial charge in [0.15, 0.2) is 9.84 Å². The van der Waals surface area contributed by atoms with Gasteiger partial charge in [0.25, 0.3) is 5.91 Å². The lowest BCUT2D eigenvalue weighted by molar-refractivity contribution is -0.289. The zero-order chi connectivity index (χ0) is 18.7. The fraction of sp³-hybridized carbons (Fsp3) is 0.294. The number of nitrogens with zero attached hydrogens (tertiary/aromatic N) is 2. The molecule has 2 aromatic rings. The van der Waals surface area contributed by atoms with Gasteiger partial charge < -0.3 is 4.74 Å². The number of amides is 1. The Hall–Kier alpha value is -2.33. The zero-order valence-corrected chi connectivity index (χ0v) is 14.5. The molecule has 1 saturated heterocycles. The first-order valence-corrected chi connectivity index (χ1v) is 9.49. The van der Waals surface area contributed by atoms with Crippen molar-refractivity contribution in [3.8, 4) is 11.1 Å². The average Bonchev–Trinajstić information content (AvgIpc) is 2.68. The molecule has 0 bridgehead atoms. The molecule has 0 aliphatic carbocycles. The Morgan fingerprint density at radius 3 is 2.31 bits per heavy atom. The van der Waals surface area contributed by atoms with Gasteiger partial charge in [0, 0.05) is 19.0 Å². The van der Waals surface area contributed by atoms with Gasteiger partial charge in [0.05, 0.1) is 22.7 Å². The van der Waals surface area contributed by atoms with Gasteiger partial charge in [-0.05, 0) is 41.8 Å². The van der Waals surface area contributed by atoms with E-state index in [1.54, 1.807) is 24.5 Å². The van der Waals surface area contributed by atoms with Crippen LogP contribution in [0.4, 0.5) is 0 Å². The minimum absolute atomic E-state index is 0.0717. The number of sulfone groups is 1. The normalized spacial score (nSPS) is 20.5. The topological polar surface area (TPSA) is 117 Å². The minimum Gasteiger partial charge on any atom is -0.381 e. The summed E-state index contributed by atoms with van der Waals surface area (Å²) in [4.78, 5) is 15.9. The fourth-order valence-electron chi connectivity index (χ4n) is 3.02. The Bertz CT molecular complexity index is 868. The fourth-order valence-corrected chi connectivity index (χ4v) is 4.92. The highest BCUT2D eigenvalue weighted by atomic mass is 32.2. The Balaban J connectivity index is 1.90. The van der Waals surface area contributed by atoms with Gasteiger partial charge >= 0.3 is 0 Å². The van der Waals surface area contributed by atoms with E-state index in [0.29, 0.717) is 0 Å². The molecular formula is C17H18N2O6S. The van der Waals surface area contributed by atoms with Crippen LogP contribution >= 0.6 is 0 Å². The van der Waals surface area contributed by atoms with E-state index in [-0.39, 0.29) is 24.5 Å². The van der Waals surface area contributed by atoms with Crippen molar-refractivity contribution in [1.29, 1.82) is 0 Å². The first kappa shape index (κ1) is 18.5. The molecule has 2 atom stereocenters. The molecule has 1 amide bonds. The monoisotopic (exact) mass is 378 g/mol. The summed E-state index contributed by atoms with van der Waals surface area (Å²) in [7, 11) is -3.85. The van der Waals surface area contributed by atoms with Crippen LogP contribution in [0, 0.1) is 5.92 Å². The van der Waals surface area contributed by atoms with E-state index < -0.39 is 32.1 Å². The van der Waals surface area contributed by atoms with Gasteiger partial charge in [-0.25, -0.2) is 8.42 Å². The quantitative estimate of drug-likeness (QED) is 0.612. The molecule has 1 aromatic carbocycles. The number of hydroxylamine groups is 2. The zero-order valence-electron chi connectivity index (χ0n) is 13.7. The number of benzene rings is 1. The second-order valence-corrected chi connectivity index (χ2v) is 8.11. The number of hydrogen-bond acceptors (Lipinski definition) is 7. The first-order valence-electron chi connectivity index (χ1n) is 7.95. The maximum Gasteiger partial charge on any atom is 0.279 e. The third kappa shape index (κ3) is 3.61. The lowest BCUT2D eigenvalue weighted by Gasteiger charge is -2.30. The van der Waals surface area contributed by atoms with E-state index in [1.807, 2.05) is 12.1 Å². The summed E-state index contributed by atoms with van der Waals surface area (Å²) in [5, 5.41) is 16.3. The molecule has 1 aromatic heterocycles. The van der Waals surface area contributed by atoms with Crippen LogP contribution < -0.4 is 0 Å². The van der Waals surface area contributed by atoms with Crippen molar-refractivity contribution >= 4 is 15.7 Å². The van der Waals surface area contributed by atoms with Crippen molar-refractivity contribution in [2.45, 2.75) is 16.6 Å². The minimum atomic E-state index is -3.85. The first-order chi connectivity index (χ1) is 12.4. The lowest BCUT2D eigenvalue weighted by atomic mass is 10.0. The maximum absolute atomic E-state index is 13.0. The average molecular weight is 378 g/mol. The lowest BCUT2D eigenvalue weighted by Crippen LogP contribution is -2.46. The molecule has 9 heteroatoms. The van der Waals surface area contributed by atoms with E-state index in [9.17, 15) is 13.2 Å². The van der Waals surface area contributed by atoms with Gasteiger partial charge in [-0.15, -0.1) is 0 Å². The SMILES string of the molecule is O=C(C1COCCC1S(=O)(=O)c1ccc(-c2ccncc2)cc1)N(O)O. The molecule has 0 spiro atoms. The smallest absolute Gasteiger partial charge is 0.279 e. The number of carbonyl (C=O) groups is 1. The van der Waals surface area contributed by atoms with Crippen LogP contribution in [0.2, 0.25) is 0 Å². The predicted octanol–water partition coefficient (Wildman–Crippen LogP) is 1.53. The molecule has 26 heavy (non-hydrogen) atoms. The molecule has 3 rings (SSSR count). The number of pyridine rings is 1. The Kier molecular flexibility index (Phi) is 5.33. The van der Waals surface area contributed by atoms with E-state index in [2.05, 4.69) is 4.98 Å². The summed E-state index contributed by atoms with van der Waals surface area (Å²) >= 11 is 0. The van der Waals surface area contributed by atoms with Crippen molar-refractivity contribution in [2.24, 2.45) is 5.92 Å². The van der Waals surface area contributed by atoms with Gasteiger partial charge in [-0.3, -0.25) is 20.2 Å². The van der Waals surface area contributed by atoms with Gasteiger partial charge in [0.1, 0.15) is 0 Å². The molecule has 1 aliphatic heterocycles. The molecule has 1 fully saturated rings. The van der Waals surface area contributed by atoms with Crippen LogP contribution in [0.1, 0.15) is 6.42 Å². The Morgan fingerprint density at radius 2 is 1.69 bits per heavy atom. The van der Waals surface area contributed by atoms with Crippen LogP contribution in [0.5, 0.6) is 0 Å². The Labute approximate surface area is 150 Å². The predicted molar refractivity (Wildman–Crippen MR) is 90.0 cm³/mol. The van der Waals surface area contributed by atoms with Crippen molar-refractivity contribution in [2.75, 3.05) is 13.2 Å². The summed E-state index contributed by atoms with van der Waals surface area (Å²) in [6, 6.07) is 9.96. The highest BCUT2D eigenvalue weighted by molar-refractivity contribution is 7.92. The number of carbonyl (C=O) groups excluding carboxylic acids is 1. The third-order valence-electron chi connectivity index (χ3n) is 4.40. The number of ether oxygens (including phenoxy) is 1. The summed E-state index contributed by atoms with van der Waals surface area (Å²) < 4.78 is 31.1.